The Bertz CT molecular complexity index is 632. The van der Waals surface area contributed by atoms with Crippen molar-refractivity contribution in [2.45, 2.75) is 0 Å². The van der Waals surface area contributed by atoms with E-state index in [1.807, 2.05) is 0 Å². The largest absolute Gasteiger partial charge is 0.478 e. The van der Waals surface area contributed by atoms with E-state index in [-0.39, 0.29) is 5.56 Å². The highest BCUT2D eigenvalue weighted by molar-refractivity contribution is 5.97. The second kappa shape index (κ2) is 5.35. The van der Waals surface area contributed by atoms with Crippen LogP contribution in [0.1, 0.15) is 20.7 Å². The van der Waals surface area contributed by atoms with Gasteiger partial charge in [-0.1, -0.05) is 24.3 Å². The summed E-state index contributed by atoms with van der Waals surface area (Å²) in [6, 6.07) is 14.1. The Morgan fingerprint density at radius 1 is 1.26 bits per heavy atom. The molecule has 1 N–H and O–H groups in total. The SMILES string of the molecule is COC(=O)c1cccc(-c2cc[c]cc2C(=O)O)c1. The minimum absolute atomic E-state index is 0.143. The lowest BCUT2D eigenvalue weighted by Crippen LogP contribution is -2.02. The Kier molecular flexibility index (Phi) is 3.61. The number of esters is 1. The first-order chi connectivity index (χ1) is 9.13. The number of hydrogen-bond acceptors (Lipinski definition) is 3. The van der Waals surface area contributed by atoms with Gasteiger partial charge in [0, 0.05) is 0 Å². The highest BCUT2D eigenvalue weighted by atomic mass is 16.5. The lowest BCUT2D eigenvalue weighted by Gasteiger charge is -2.07. The van der Waals surface area contributed by atoms with Crippen molar-refractivity contribution in [1.82, 2.24) is 0 Å². The lowest BCUT2D eigenvalue weighted by atomic mass is 9.98. The maximum absolute atomic E-state index is 11.5. The maximum Gasteiger partial charge on any atom is 0.337 e. The average Bonchev–Trinajstić information content (AvgIpc) is 2.46. The number of hydrogen-bond donors (Lipinski definition) is 1. The van der Waals surface area contributed by atoms with Gasteiger partial charge in [-0.2, -0.15) is 0 Å². The predicted molar refractivity (Wildman–Crippen MR) is 69.0 cm³/mol. The standard InChI is InChI=1S/C15H11O4/c1-19-15(18)11-6-4-5-10(9-11)12-7-2-3-8-13(12)14(16)17/h2,4-9H,1H3,(H,16,17). The molecule has 4 nitrogen and oxygen atoms in total. The van der Waals surface area contributed by atoms with Crippen molar-refractivity contribution in [2.24, 2.45) is 0 Å². The van der Waals surface area contributed by atoms with E-state index in [2.05, 4.69) is 10.8 Å². The molecule has 2 aromatic rings. The van der Waals surface area contributed by atoms with Crippen LogP contribution < -0.4 is 0 Å². The van der Waals surface area contributed by atoms with Crippen LogP contribution in [0.5, 0.6) is 0 Å². The fraction of sp³-hybridized carbons (Fsp3) is 0.0667. The number of rotatable bonds is 3. The Labute approximate surface area is 110 Å². The van der Waals surface area contributed by atoms with Crippen molar-refractivity contribution in [3.05, 3.63) is 59.7 Å². The van der Waals surface area contributed by atoms with Crippen molar-refractivity contribution in [3.63, 3.8) is 0 Å². The quantitative estimate of drug-likeness (QED) is 0.856. The molecule has 0 bridgehead atoms. The van der Waals surface area contributed by atoms with Gasteiger partial charge in [-0.25, -0.2) is 9.59 Å². The van der Waals surface area contributed by atoms with Crippen LogP contribution in [-0.2, 0) is 4.74 Å². The number of benzene rings is 2. The van der Waals surface area contributed by atoms with Crippen LogP contribution >= 0.6 is 0 Å². The van der Waals surface area contributed by atoms with Crippen LogP contribution in [0.4, 0.5) is 0 Å². The first-order valence-corrected chi connectivity index (χ1v) is 5.55. The molecule has 0 unspecified atom stereocenters. The molecule has 0 aromatic heterocycles. The van der Waals surface area contributed by atoms with Gasteiger partial charge in [0.05, 0.1) is 18.2 Å². The third-order valence-electron chi connectivity index (χ3n) is 2.69. The highest BCUT2D eigenvalue weighted by Gasteiger charge is 2.12. The zero-order valence-electron chi connectivity index (χ0n) is 10.2. The molecule has 2 rings (SSSR count). The van der Waals surface area contributed by atoms with E-state index >= 15 is 0 Å². The minimum Gasteiger partial charge on any atom is -0.478 e. The van der Waals surface area contributed by atoms with E-state index in [1.54, 1.807) is 36.4 Å². The normalized spacial score (nSPS) is 9.95. The maximum atomic E-state index is 11.5. The predicted octanol–water partition coefficient (Wildman–Crippen LogP) is 2.64. The summed E-state index contributed by atoms with van der Waals surface area (Å²) in [6.45, 7) is 0. The van der Waals surface area contributed by atoms with Gasteiger partial charge in [-0.05, 0) is 35.4 Å². The van der Waals surface area contributed by atoms with Crippen LogP contribution in [-0.4, -0.2) is 24.2 Å². The third-order valence-corrected chi connectivity index (χ3v) is 2.69. The second-order valence-corrected chi connectivity index (χ2v) is 3.85. The Balaban J connectivity index is 2.54. The molecular formula is C15H11O4. The smallest absolute Gasteiger partial charge is 0.337 e. The van der Waals surface area contributed by atoms with Crippen molar-refractivity contribution < 1.29 is 19.4 Å². The second-order valence-electron chi connectivity index (χ2n) is 3.85. The van der Waals surface area contributed by atoms with Crippen molar-refractivity contribution in [3.8, 4) is 11.1 Å². The lowest BCUT2D eigenvalue weighted by molar-refractivity contribution is 0.0600. The van der Waals surface area contributed by atoms with E-state index < -0.39 is 11.9 Å². The number of carbonyl (C=O) groups is 2. The summed E-state index contributed by atoms with van der Waals surface area (Å²) in [7, 11) is 1.30. The van der Waals surface area contributed by atoms with Gasteiger partial charge in [-0.15, -0.1) is 0 Å². The first kappa shape index (κ1) is 12.8. The summed E-state index contributed by atoms with van der Waals surface area (Å²) in [6.07, 6.45) is 0. The molecule has 2 aromatic carbocycles. The van der Waals surface area contributed by atoms with Crippen LogP contribution in [0, 0.1) is 6.07 Å². The summed E-state index contributed by atoms with van der Waals surface area (Å²) in [4.78, 5) is 22.6. The molecule has 95 valence electrons. The van der Waals surface area contributed by atoms with E-state index in [4.69, 9.17) is 5.11 Å². The van der Waals surface area contributed by atoms with Gasteiger partial charge in [0.25, 0.3) is 0 Å². The van der Waals surface area contributed by atoms with Gasteiger partial charge in [0.15, 0.2) is 0 Å². The highest BCUT2D eigenvalue weighted by Crippen LogP contribution is 2.24. The molecule has 0 aliphatic rings. The van der Waals surface area contributed by atoms with Gasteiger partial charge in [0.2, 0.25) is 0 Å². The molecule has 0 heterocycles. The summed E-state index contributed by atoms with van der Waals surface area (Å²) in [5.41, 5.74) is 1.71. The fourth-order valence-electron chi connectivity index (χ4n) is 1.79. The van der Waals surface area contributed by atoms with Crippen molar-refractivity contribution in [2.75, 3.05) is 7.11 Å². The summed E-state index contributed by atoms with van der Waals surface area (Å²) in [5, 5.41) is 9.14. The number of carboxylic acids is 1. The van der Waals surface area contributed by atoms with E-state index in [1.165, 1.54) is 13.2 Å². The number of methoxy groups -OCH3 is 1. The molecule has 0 fully saturated rings. The van der Waals surface area contributed by atoms with Crippen LogP contribution in [0.2, 0.25) is 0 Å². The number of carboxylic acid groups (broad SMARTS) is 1. The van der Waals surface area contributed by atoms with Gasteiger partial charge >= 0.3 is 11.9 Å². The molecule has 0 aliphatic heterocycles. The molecule has 1 radical (unpaired) electrons. The summed E-state index contributed by atoms with van der Waals surface area (Å²) in [5.74, 6) is -1.49. The number of ether oxygens (including phenoxy) is 1. The van der Waals surface area contributed by atoms with Gasteiger partial charge in [0.1, 0.15) is 0 Å². The molecule has 19 heavy (non-hydrogen) atoms. The van der Waals surface area contributed by atoms with E-state index in [9.17, 15) is 9.59 Å². The number of aromatic carboxylic acids is 1. The Hall–Kier alpha value is -2.62. The van der Waals surface area contributed by atoms with E-state index in [0.29, 0.717) is 16.7 Å². The molecule has 0 amide bonds. The first-order valence-electron chi connectivity index (χ1n) is 5.55. The van der Waals surface area contributed by atoms with Crippen LogP contribution in [0.3, 0.4) is 0 Å². The van der Waals surface area contributed by atoms with Gasteiger partial charge in [-0.3, -0.25) is 0 Å². The van der Waals surface area contributed by atoms with Crippen LogP contribution in [0.15, 0.2) is 42.5 Å². The average molecular weight is 255 g/mol. The zero-order valence-corrected chi connectivity index (χ0v) is 10.2. The zero-order chi connectivity index (χ0) is 13.8. The fourth-order valence-corrected chi connectivity index (χ4v) is 1.79. The van der Waals surface area contributed by atoms with Crippen LogP contribution in [0.25, 0.3) is 11.1 Å². The molecule has 0 saturated heterocycles. The Morgan fingerprint density at radius 3 is 2.74 bits per heavy atom. The molecule has 0 saturated carbocycles. The molecule has 0 atom stereocenters. The molecule has 4 heteroatoms. The summed E-state index contributed by atoms with van der Waals surface area (Å²) < 4.78 is 4.64. The van der Waals surface area contributed by atoms with Crippen molar-refractivity contribution >= 4 is 11.9 Å². The molecule has 0 spiro atoms. The monoisotopic (exact) mass is 255 g/mol. The van der Waals surface area contributed by atoms with Gasteiger partial charge < -0.3 is 9.84 Å². The molecular weight excluding hydrogens is 244 g/mol. The Morgan fingerprint density at radius 2 is 2.05 bits per heavy atom. The van der Waals surface area contributed by atoms with Crippen molar-refractivity contribution in [1.29, 1.82) is 0 Å². The summed E-state index contributed by atoms with van der Waals surface area (Å²) >= 11 is 0. The third kappa shape index (κ3) is 2.63. The topological polar surface area (TPSA) is 63.6 Å². The van der Waals surface area contributed by atoms with E-state index in [0.717, 1.165) is 0 Å². The minimum atomic E-state index is -1.03. The number of carbonyl (C=O) groups excluding carboxylic acids is 1. The molecule has 0 aliphatic carbocycles.